The molecule has 0 atom stereocenters. The molecule has 0 aliphatic carbocycles. The number of rotatable bonds is 2. The summed E-state index contributed by atoms with van der Waals surface area (Å²) in [6, 6.07) is 3.62. The molecule has 0 unspecified atom stereocenters. The number of anilines is 2. The number of halogens is 4. The van der Waals surface area contributed by atoms with Crippen molar-refractivity contribution in [2.45, 2.75) is 6.18 Å². The Bertz CT molecular complexity index is 676. The topological polar surface area (TPSA) is 61.6 Å². The van der Waals surface area contributed by atoms with Crippen LogP contribution >= 0.6 is 0 Å². The number of hydrogen-bond donors (Lipinski definition) is 1. The van der Waals surface area contributed by atoms with Crippen LogP contribution in [0.5, 0.6) is 0 Å². The van der Waals surface area contributed by atoms with Gasteiger partial charge >= 0.3 is 6.18 Å². The summed E-state index contributed by atoms with van der Waals surface area (Å²) < 4.78 is 51.2. The van der Waals surface area contributed by atoms with E-state index in [0.29, 0.717) is 18.2 Å². The Morgan fingerprint density at radius 2 is 1.85 bits per heavy atom. The van der Waals surface area contributed by atoms with Gasteiger partial charge in [0.2, 0.25) is 0 Å². The van der Waals surface area contributed by atoms with Crippen molar-refractivity contribution in [2.75, 3.05) is 5.32 Å². The van der Waals surface area contributed by atoms with Crippen LogP contribution in [0.2, 0.25) is 0 Å². The lowest BCUT2D eigenvalue weighted by Gasteiger charge is -2.11. The molecule has 2 rings (SSSR count). The Morgan fingerprint density at radius 1 is 1.15 bits per heavy atom. The molecule has 0 bridgehead atoms. The molecule has 1 heterocycles. The van der Waals surface area contributed by atoms with Gasteiger partial charge in [-0.2, -0.15) is 18.4 Å². The molecule has 0 radical (unpaired) electrons. The number of nitriles is 1. The van der Waals surface area contributed by atoms with Crippen LogP contribution in [0.3, 0.4) is 0 Å². The van der Waals surface area contributed by atoms with Gasteiger partial charge in [-0.25, -0.2) is 14.4 Å². The highest BCUT2D eigenvalue weighted by molar-refractivity contribution is 5.61. The Hall–Kier alpha value is -2.69. The van der Waals surface area contributed by atoms with Crippen molar-refractivity contribution in [3.8, 4) is 6.07 Å². The van der Waals surface area contributed by atoms with Crippen LogP contribution < -0.4 is 5.32 Å². The van der Waals surface area contributed by atoms with Gasteiger partial charge in [0, 0.05) is 12.4 Å². The van der Waals surface area contributed by atoms with Crippen LogP contribution in [0.1, 0.15) is 11.3 Å². The number of alkyl halides is 3. The van der Waals surface area contributed by atoms with E-state index in [2.05, 4.69) is 15.3 Å². The van der Waals surface area contributed by atoms with Gasteiger partial charge in [0.1, 0.15) is 11.9 Å². The van der Waals surface area contributed by atoms with Crippen molar-refractivity contribution in [3.63, 3.8) is 0 Å². The third-order valence-electron chi connectivity index (χ3n) is 2.35. The molecular weight excluding hydrogens is 276 g/mol. The normalized spacial score (nSPS) is 10.9. The maximum atomic E-state index is 13.5. The Balaban J connectivity index is 2.41. The second kappa shape index (κ2) is 5.13. The number of aromatic nitrogens is 2. The first kappa shape index (κ1) is 13.7. The minimum Gasteiger partial charge on any atom is -0.335 e. The van der Waals surface area contributed by atoms with Crippen molar-refractivity contribution in [1.82, 2.24) is 9.97 Å². The van der Waals surface area contributed by atoms with Crippen molar-refractivity contribution in [2.24, 2.45) is 0 Å². The molecule has 20 heavy (non-hydrogen) atoms. The summed E-state index contributed by atoms with van der Waals surface area (Å²) in [7, 11) is 0. The van der Waals surface area contributed by atoms with E-state index in [1.54, 1.807) is 6.07 Å². The molecule has 0 saturated carbocycles. The maximum absolute atomic E-state index is 13.5. The van der Waals surface area contributed by atoms with E-state index in [1.165, 1.54) is 12.4 Å². The maximum Gasteiger partial charge on any atom is 0.416 e. The summed E-state index contributed by atoms with van der Waals surface area (Å²) in [4.78, 5) is 7.40. The first-order valence-electron chi connectivity index (χ1n) is 5.26. The van der Waals surface area contributed by atoms with Gasteiger partial charge in [-0.1, -0.05) is 0 Å². The molecule has 2 aromatic rings. The van der Waals surface area contributed by atoms with Crippen molar-refractivity contribution >= 4 is 11.5 Å². The lowest BCUT2D eigenvalue weighted by Crippen LogP contribution is -2.07. The first-order valence-corrected chi connectivity index (χ1v) is 5.26. The van der Waals surface area contributed by atoms with Crippen LogP contribution in [0.4, 0.5) is 29.1 Å². The zero-order valence-electron chi connectivity index (χ0n) is 9.74. The predicted octanol–water partition coefficient (Wildman–Crippen LogP) is 3.25. The lowest BCUT2D eigenvalue weighted by atomic mass is 10.2. The quantitative estimate of drug-likeness (QED) is 0.859. The van der Waals surface area contributed by atoms with Gasteiger partial charge in [0.15, 0.2) is 11.5 Å². The van der Waals surface area contributed by atoms with E-state index < -0.39 is 23.2 Å². The van der Waals surface area contributed by atoms with E-state index >= 15 is 0 Å². The van der Waals surface area contributed by atoms with Gasteiger partial charge in [-0.05, 0) is 18.2 Å². The highest BCUT2D eigenvalue weighted by atomic mass is 19.4. The molecule has 0 spiro atoms. The highest BCUT2D eigenvalue weighted by Crippen LogP contribution is 2.32. The first-order chi connectivity index (χ1) is 9.41. The number of benzene rings is 1. The van der Waals surface area contributed by atoms with Crippen molar-refractivity contribution < 1.29 is 17.6 Å². The Morgan fingerprint density at radius 3 is 2.50 bits per heavy atom. The summed E-state index contributed by atoms with van der Waals surface area (Å²) in [5, 5.41) is 11.1. The molecule has 1 aromatic heterocycles. The largest absolute Gasteiger partial charge is 0.416 e. The molecule has 0 aliphatic rings. The fourth-order valence-corrected chi connectivity index (χ4v) is 1.44. The monoisotopic (exact) mass is 282 g/mol. The second-order valence-electron chi connectivity index (χ2n) is 3.68. The minimum absolute atomic E-state index is 0.117. The van der Waals surface area contributed by atoms with Crippen LogP contribution in [0, 0.1) is 17.1 Å². The smallest absolute Gasteiger partial charge is 0.335 e. The third-order valence-corrected chi connectivity index (χ3v) is 2.35. The Kier molecular flexibility index (Phi) is 3.52. The molecule has 1 N–H and O–H groups in total. The average molecular weight is 282 g/mol. The average Bonchev–Trinajstić information content (AvgIpc) is 2.40. The highest BCUT2D eigenvalue weighted by Gasteiger charge is 2.31. The second-order valence-corrected chi connectivity index (χ2v) is 3.68. The summed E-state index contributed by atoms with van der Waals surface area (Å²) in [6.07, 6.45) is -2.12. The summed E-state index contributed by atoms with van der Waals surface area (Å²) in [5.41, 5.74) is -1.59. The number of hydrogen-bond acceptors (Lipinski definition) is 4. The zero-order chi connectivity index (χ0) is 14.8. The molecule has 0 aliphatic heterocycles. The van der Waals surface area contributed by atoms with Crippen molar-refractivity contribution in [3.05, 3.63) is 47.7 Å². The number of nitrogens with one attached hydrogen (secondary N) is 1. The molecule has 8 heteroatoms. The van der Waals surface area contributed by atoms with Crippen molar-refractivity contribution in [1.29, 1.82) is 5.26 Å². The predicted molar refractivity (Wildman–Crippen MR) is 61.4 cm³/mol. The van der Waals surface area contributed by atoms with Crippen LogP contribution in [-0.4, -0.2) is 9.97 Å². The van der Waals surface area contributed by atoms with Gasteiger partial charge in [0.05, 0.1) is 11.3 Å². The standard InChI is InChI=1S/C12H6F4N4/c13-8-2-1-7(12(14,15)16)5-9(8)20-11-10(6-17)18-3-4-19-11/h1-5H,(H,19,20). The summed E-state index contributed by atoms with van der Waals surface area (Å²) in [6.45, 7) is 0. The van der Waals surface area contributed by atoms with Gasteiger partial charge in [-0.3, -0.25) is 0 Å². The molecule has 4 nitrogen and oxygen atoms in total. The van der Waals surface area contributed by atoms with Gasteiger partial charge in [0.25, 0.3) is 0 Å². The van der Waals surface area contributed by atoms with Gasteiger partial charge < -0.3 is 5.32 Å². The third kappa shape index (κ3) is 2.83. The molecule has 0 saturated heterocycles. The van der Waals surface area contributed by atoms with Gasteiger partial charge in [-0.15, -0.1) is 0 Å². The fraction of sp³-hybridized carbons (Fsp3) is 0.0833. The van der Waals surface area contributed by atoms with Crippen LogP contribution in [-0.2, 0) is 6.18 Å². The molecule has 0 fully saturated rings. The molecule has 1 aromatic carbocycles. The van der Waals surface area contributed by atoms with Crippen LogP contribution in [0.25, 0.3) is 0 Å². The van der Waals surface area contributed by atoms with E-state index in [1.807, 2.05) is 0 Å². The minimum atomic E-state index is -4.59. The van der Waals surface area contributed by atoms with Crippen LogP contribution in [0.15, 0.2) is 30.6 Å². The molecular formula is C12H6F4N4. The zero-order valence-corrected chi connectivity index (χ0v) is 9.74. The lowest BCUT2D eigenvalue weighted by molar-refractivity contribution is -0.137. The summed E-state index contributed by atoms with van der Waals surface area (Å²) in [5.74, 6) is -1.01. The van der Waals surface area contributed by atoms with E-state index in [4.69, 9.17) is 5.26 Å². The van der Waals surface area contributed by atoms with E-state index in [-0.39, 0.29) is 11.5 Å². The van der Waals surface area contributed by atoms with E-state index in [0.717, 1.165) is 0 Å². The summed E-state index contributed by atoms with van der Waals surface area (Å²) >= 11 is 0. The molecule has 0 amide bonds. The SMILES string of the molecule is N#Cc1nccnc1Nc1cc(C(F)(F)F)ccc1F. The van der Waals surface area contributed by atoms with E-state index in [9.17, 15) is 17.6 Å². The molecule has 102 valence electrons. The Labute approximate surface area is 110 Å². The number of nitrogens with zero attached hydrogens (tertiary/aromatic N) is 3. The fourth-order valence-electron chi connectivity index (χ4n) is 1.44.